The van der Waals surface area contributed by atoms with E-state index in [9.17, 15) is 0 Å². The molecule has 4 aliphatic rings. The van der Waals surface area contributed by atoms with Crippen molar-refractivity contribution in [3.63, 3.8) is 0 Å². The van der Waals surface area contributed by atoms with E-state index < -0.39 is 0 Å². The van der Waals surface area contributed by atoms with Crippen LogP contribution in [-0.2, 0) is 0 Å². The van der Waals surface area contributed by atoms with Crippen molar-refractivity contribution < 1.29 is 0 Å². The Morgan fingerprint density at radius 2 is 0.692 bits per heavy atom. The van der Waals surface area contributed by atoms with Gasteiger partial charge >= 0.3 is 0 Å². The quantitative estimate of drug-likeness (QED) is 0.467. The third-order valence-electron chi connectivity index (χ3n) is 4.26. The summed E-state index contributed by atoms with van der Waals surface area (Å²) in [6, 6.07) is 0. The van der Waals surface area contributed by atoms with Crippen LogP contribution in [0, 0.1) is 0 Å². The highest BCUT2D eigenvalue weighted by Crippen LogP contribution is 2.44. The molecule has 0 aromatic rings. The Morgan fingerprint density at radius 1 is 0.462 bits per heavy atom. The molecule has 4 rings (SSSR count). The van der Waals surface area contributed by atoms with Gasteiger partial charge in [-0.25, -0.2) is 0 Å². The van der Waals surface area contributed by atoms with Crippen LogP contribution in [0.1, 0.15) is 0 Å². The maximum absolute atomic E-state index is 2.67. The molecule has 1 spiro atoms. The summed E-state index contributed by atoms with van der Waals surface area (Å²) in [6.07, 6.45) is 0. The van der Waals surface area contributed by atoms with Gasteiger partial charge in [0.05, 0.1) is 0 Å². The Hall–Kier alpha value is -0.160. The van der Waals surface area contributed by atoms with Gasteiger partial charge in [0, 0.05) is 52.4 Å². The molecule has 0 aliphatic carbocycles. The van der Waals surface area contributed by atoms with E-state index in [1.165, 1.54) is 52.4 Å². The molecule has 0 aromatic heterocycles. The fourth-order valence-electron chi connectivity index (χ4n) is 3.81. The molecule has 72 valence electrons. The zero-order chi connectivity index (χ0) is 8.47. The molecule has 0 radical (unpaired) electrons. The summed E-state index contributed by atoms with van der Waals surface area (Å²) in [4.78, 5) is 10.7. The van der Waals surface area contributed by atoms with E-state index in [2.05, 4.69) is 19.6 Å². The Bertz CT molecular complexity index is 184. The van der Waals surface area contributed by atoms with Gasteiger partial charge in [-0.05, 0) is 0 Å². The molecular weight excluding hydrogens is 164 g/mol. The fourth-order valence-corrected chi connectivity index (χ4v) is 3.81. The molecule has 0 N–H and O–H groups in total. The van der Waals surface area contributed by atoms with Crippen LogP contribution in [-0.4, -0.2) is 77.9 Å². The summed E-state index contributed by atoms with van der Waals surface area (Å²) in [5.41, 5.74) is 0. The summed E-state index contributed by atoms with van der Waals surface area (Å²) in [7, 11) is 0. The van der Waals surface area contributed by atoms with Crippen LogP contribution < -0.4 is 0 Å². The smallest absolute Gasteiger partial charge is 0.192 e. The zero-order valence-corrected chi connectivity index (χ0v) is 7.95. The molecule has 0 saturated carbocycles. The van der Waals surface area contributed by atoms with Crippen molar-refractivity contribution in [2.24, 2.45) is 0 Å². The Kier molecular flexibility index (Phi) is 1.15. The molecule has 0 aromatic carbocycles. The minimum atomic E-state index is 0.278. The van der Waals surface area contributed by atoms with Gasteiger partial charge in [-0.1, -0.05) is 0 Å². The van der Waals surface area contributed by atoms with Crippen LogP contribution in [0.25, 0.3) is 0 Å². The SMILES string of the molecule is C1CN2CCN3CCN4CCN1C243. The first kappa shape index (κ1) is 7.17. The van der Waals surface area contributed by atoms with E-state index in [0.29, 0.717) is 0 Å². The summed E-state index contributed by atoms with van der Waals surface area (Å²) in [5.74, 6) is 0.278. The standard InChI is InChI=1S/C9H16N4/c1-2-11-5-6-13-8-7-12-4-3-10(1)9(11,12)13/h1-8H2. The van der Waals surface area contributed by atoms with Gasteiger partial charge in [-0.15, -0.1) is 0 Å². The van der Waals surface area contributed by atoms with Crippen molar-refractivity contribution in [2.75, 3.05) is 52.4 Å². The third kappa shape index (κ3) is 0.596. The highest BCUT2D eigenvalue weighted by Gasteiger charge is 2.63. The van der Waals surface area contributed by atoms with E-state index in [1.54, 1.807) is 0 Å². The van der Waals surface area contributed by atoms with Gasteiger partial charge in [0.15, 0.2) is 5.91 Å². The van der Waals surface area contributed by atoms with Gasteiger partial charge in [0.25, 0.3) is 0 Å². The average Bonchev–Trinajstić information content (AvgIpc) is 2.68. The van der Waals surface area contributed by atoms with Gasteiger partial charge < -0.3 is 0 Å². The fraction of sp³-hybridized carbons (Fsp3) is 1.00. The molecule has 0 bridgehead atoms. The van der Waals surface area contributed by atoms with Crippen LogP contribution in [0.15, 0.2) is 0 Å². The predicted molar refractivity (Wildman–Crippen MR) is 49.0 cm³/mol. The molecule has 4 heteroatoms. The molecule has 0 atom stereocenters. The van der Waals surface area contributed by atoms with E-state index in [1.807, 2.05) is 0 Å². The van der Waals surface area contributed by atoms with E-state index in [4.69, 9.17) is 0 Å². The summed E-state index contributed by atoms with van der Waals surface area (Å²) in [5, 5.41) is 0. The zero-order valence-electron chi connectivity index (χ0n) is 7.95. The van der Waals surface area contributed by atoms with Gasteiger partial charge in [-0.3, -0.25) is 19.6 Å². The molecule has 13 heavy (non-hydrogen) atoms. The van der Waals surface area contributed by atoms with Crippen LogP contribution >= 0.6 is 0 Å². The molecule has 4 nitrogen and oxygen atoms in total. The highest BCUT2D eigenvalue weighted by molar-refractivity contribution is 5.08. The molecule has 4 heterocycles. The van der Waals surface area contributed by atoms with E-state index >= 15 is 0 Å². The van der Waals surface area contributed by atoms with Crippen LogP contribution in [0.5, 0.6) is 0 Å². The van der Waals surface area contributed by atoms with E-state index in [0.717, 1.165) is 0 Å². The number of rotatable bonds is 0. The first-order valence-corrected chi connectivity index (χ1v) is 5.42. The van der Waals surface area contributed by atoms with Crippen molar-refractivity contribution in [3.05, 3.63) is 0 Å². The first-order valence-electron chi connectivity index (χ1n) is 5.42. The molecular formula is C9H16N4. The number of hydrogen-bond acceptors (Lipinski definition) is 4. The normalized spacial score (nSPS) is 38.8. The second kappa shape index (κ2) is 2.08. The second-order valence-corrected chi connectivity index (χ2v) is 4.55. The van der Waals surface area contributed by atoms with Gasteiger partial charge in [-0.2, -0.15) is 0 Å². The van der Waals surface area contributed by atoms with Crippen molar-refractivity contribution in [1.29, 1.82) is 0 Å². The lowest BCUT2D eigenvalue weighted by Gasteiger charge is -2.39. The topological polar surface area (TPSA) is 13.0 Å². The summed E-state index contributed by atoms with van der Waals surface area (Å²) in [6.45, 7) is 10.3. The van der Waals surface area contributed by atoms with E-state index in [-0.39, 0.29) is 5.91 Å². The largest absolute Gasteiger partial charge is 0.257 e. The van der Waals surface area contributed by atoms with Gasteiger partial charge in [0.2, 0.25) is 0 Å². The van der Waals surface area contributed by atoms with Crippen LogP contribution in [0.4, 0.5) is 0 Å². The number of nitrogens with zero attached hydrogens (tertiary/aromatic N) is 4. The van der Waals surface area contributed by atoms with Crippen LogP contribution in [0.2, 0.25) is 0 Å². The lowest BCUT2D eigenvalue weighted by atomic mass is 10.4. The highest BCUT2D eigenvalue weighted by atomic mass is 15.8. The summed E-state index contributed by atoms with van der Waals surface area (Å²) >= 11 is 0. The molecule has 0 amide bonds. The molecule has 4 saturated heterocycles. The third-order valence-corrected chi connectivity index (χ3v) is 4.26. The average molecular weight is 180 g/mol. The van der Waals surface area contributed by atoms with Crippen molar-refractivity contribution in [3.8, 4) is 0 Å². The summed E-state index contributed by atoms with van der Waals surface area (Å²) < 4.78 is 0. The lowest BCUT2D eigenvalue weighted by Crippen LogP contribution is -2.59. The minimum Gasteiger partial charge on any atom is -0.257 e. The minimum absolute atomic E-state index is 0.278. The first-order chi connectivity index (χ1) is 6.42. The molecule has 4 fully saturated rings. The number of hydrogen-bond donors (Lipinski definition) is 0. The van der Waals surface area contributed by atoms with Gasteiger partial charge in [0.1, 0.15) is 0 Å². The van der Waals surface area contributed by atoms with Crippen LogP contribution in [0.3, 0.4) is 0 Å². The van der Waals surface area contributed by atoms with Crippen molar-refractivity contribution in [1.82, 2.24) is 19.6 Å². The van der Waals surface area contributed by atoms with Crippen molar-refractivity contribution in [2.45, 2.75) is 5.91 Å². The predicted octanol–water partition coefficient (Wildman–Crippen LogP) is -1.14. The Morgan fingerprint density at radius 3 is 0.923 bits per heavy atom. The van der Waals surface area contributed by atoms with Crippen molar-refractivity contribution >= 4 is 0 Å². The molecule has 0 unspecified atom stereocenters. The maximum atomic E-state index is 2.67. The lowest BCUT2D eigenvalue weighted by molar-refractivity contribution is -0.0944. The maximum Gasteiger partial charge on any atom is 0.192 e. The Labute approximate surface area is 78.7 Å². The second-order valence-electron chi connectivity index (χ2n) is 4.55. The monoisotopic (exact) mass is 180 g/mol. The Balaban J connectivity index is 1.88. The molecule has 4 aliphatic heterocycles.